The van der Waals surface area contributed by atoms with Gasteiger partial charge in [-0.15, -0.1) is 0 Å². The van der Waals surface area contributed by atoms with Crippen LogP contribution in [0, 0.1) is 11.3 Å². The molecule has 0 spiro atoms. The highest BCUT2D eigenvalue weighted by atomic mass is 15.2. The Labute approximate surface area is 133 Å². The van der Waals surface area contributed by atoms with Crippen molar-refractivity contribution in [3.05, 3.63) is 0 Å². The van der Waals surface area contributed by atoms with E-state index < -0.39 is 0 Å². The van der Waals surface area contributed by atoms with Crippen LogP contribution in [0.3, 0.4) is 0 Å². The molecule has 0 aromatic rings. The first kappa shape index (κ1) is 17.3. The maximum atomic E-state index is 2.91. The summed E-state index contributed by atoms with van der Waals surface area (Å²) in [5, 5.41) is 0. The molecule has 0 amide bonds. The second-order valence-corrected chi connectivity index (χ2v) is 8.53. The largest absolute Gasteiger partial charge is 0.297 e. The summed E-state index contributed by atoms with van der Waals surface area (Å²) in [6.07, 6.45) is 15.7. The van der Waals surface area contributed by atoms with Gasteiger partial charge < -0.3 is 0 Å². The maximum Gasteiger partial charge on any atom is 0.0181 e. The van der Waals surface area contributed by atoms with Gasteiger partial charge in [0, 0.05) is 18.6 Å². The van der Waals surface area contributed by atoms with Crippen LogP contribution in [0.5, 0.6) is 0 Å². The van der Waals surface area contributed by atoms with E-state index in [1.54, 1.807) is 0 Å². The molecule has 1 saturated carbocycles. The average Bonchev–Trinajstić information content (AvgIpc) is 2.69. The van der Waals surface area contributed by atoms with Crippen molar-refractivity contribution in [1.82, 2.24) is 4.90 Å². The number of likely N-dealkylation sites (tertiary alicyclic amines) is 1. The number of unbranched alkanes of at least 4 members (excludes halogenated alkanes) is 5. The molecule has 124 valence electrons. The summed E-state index contributed by atoms with van der Waals surface area (Å²) in [6.45, 7) is 12.6. The van der Waals surface area contributed by atoms with Crippen molar-refractivity contribution in [2.45, 2.75) is 104 Å². The molecule has 0 radical (unpaired) electrons. The molecule has 2 unspecified atom stereocenters. The van der Waals surface area contributed by atoms with Gasteiger partial charge in [-0.05, 0) is 43.9 Å². The lowest BCUT2D eigenvalue weighted by Crippen LogP contribution is -2.45. The Kier molecular flexibility index (Phi) is 6.17. The van der Waals surface area contributed by atoms with E-state index in [0.29, 0.717) is 11.0 Å². The monoisotopic (exact) mass is 293 g/mol. The molecule has 0 aromatic heterocycles. The van der Waals surface area contributed by atoms with Crippen molar-refractivity contribution in [2.75, 3.05) is 13.1 Å². The van der Waals surface area contributed by atoms with Gasteiger partial charge in [0.2, 0.25) is 0 Å². The predicted molar refractivity (Wildman–Crippen MR) is 93.7 cm³/mol. The smallest absolute Gasteiger partial charge is 0.0181 e. The Morgan fingerprint density at radius 2 is 1.62 bits per heavy atom. The van der Waals surface area contributed by atoms with Crippen LogP contribution >= 0.6 is 0 Å². The fraction of sp³-hybridized carbons (Fsp3) is 1.00. The Hall–Kier alpha value is -0.0400. The zero-order valence-corrected chi connectivity index (χ0v) is 15.2. The van der Waals surface area contributed by atoms with Crippen LogP contribution in [-0.2, 0) is 0 Å². The molecular weight excluding hydrogens is 254 g/mol. The van der Waals surface area contributed by atoms with Crippen molar-refractivity contribution in [1.29, 1.82) is 0 Å². The lowest BCUT2D eigenvalue weighted by Gasteiger charge is -2.42. The second-order valence-electron chi connectivity index (χ2n) is 8.53. The van der Waals surface area contributed by atoms with Gasteiger partial charge in [0.05, 0.1) is 0 Å². The quantitative estimate of drug-likeness (QED) is 0.445. The number of hydrogen-bond donors (Lipinski definition) is 0. The molecule has 0 bridgehead atoms. The second kappa shape index (κ2) is 7.49. The van der Waals surface area contributed by atoms with E-state index in [9.17, 15) is 0 Å². The summed E-state index contributed by atoms with van der Waals surface area (Å²) in [7, 11) is 0. The van der Waals surface area contributed by atoms with E-state index in [1.807, 2.05) is 0 Å². The van der Waals surface area contributed by atoms with Gasteiger partial charge in [-0.3, -0.25) is 4.90 Å². The Bertz CT molecular complexity index is 313. The molecule has 3 atom stereocenters. The van der Waals surface area contributed by atoms with Crippen LogP contribution in [0.4, 0.5) is 0 Å². The molecule has 1 nitrogen and oxygen atoms in total. The minimum Gasteiger partial charge on any atom is -0.297 e. The molecule has 2 fully saturated rings. The van der Waals surface area contributed by atoms with Crippen molar-refractivity contribution in [2.24, 2.45) is 11.3 Å². The molecule has 1 aliphatic carbocycles. The van der Waals surface area contributed by atoms with Crippen LogP contribution in [0.15, 0.2) is 0 Å². The molecule has 1 heteroatoms. The highest BCUT2D eigenvalue weighted by molar-refractivity contribution is 5.05. The van der Waals surface area contributed by atoms with Gasteiger partial charge in [-0.25, -0.2) is 0 Å². The summed E-state index contributed by atoms with van der Waals surface area (Å²) in [6, 6.07) is 0. The topological polar surface area (TPSA) is 3.24 Å². The van der Waals surface area contributed by atoms with Crippen molar-refractivity contribution >= 4 is 0 Å². The fourth-order valence-electron chi connectivity index (χ4n) is 4.67. The van der Waals surface area contributed by atoms with E-state index in [-0.39, 0.29) is 0 Å². The first-order valence-electron chi connectivity index (χ1n) is 9.79. The van der Waals surface area contributed by atoms with Crippen LogP contribution in [0.25, 0.3) is 0 Å². The van der Waals surface area contributed by atoms with Gasteiger partial charge in [0.25, 0.3) is 0 Å². The highest BCUT2D eigenvalue weighted by Gasteiger charge is 2.52. The summed E-state index contributed by atoms with van der Waals surface area (Å²) in [5.41, 5.74) is 1.17. The summed E-state index contributed by atoms with van der Waals surface area (Å²) in [5.74, 6) is 1.01. The normalized spacial score (nSPS) is 31.7. The van der Waals surface area contributed by atoms with E-state index >= 15 is 0 Å². The van der Waals surface area contributed by atoms with Crippen LogP contribution in [-0.4, -0.2) is 23.5 Å². The summed E-state index contributed by atoms with van der Waals surface area (Å²) >= 11 is 0. The minimum absolute atomic E-state index is 0.489. The average molecular weight is 294 g/mol. The van der Waals surface area contributed by atoms with Gasteiger partial charge >= 0.3 is 0 Å². The molecule has 0 aromatic carbocycles. The Balaban J connectivity index is 1.90. The Morgan fingerprint density at radius 1 is 1.00 bits per heavy atom. The lowest BCUT2D eigenvalue weighted by atomic mass is 9.64. The van der Waals surface area contributed by atoms with Gasteiger partial charge in [0.15, 0.2) is 0 Å². The first-order chi connectivity index (χ1) is 10.0. The number of nitrogens with zero attached hydrogens (tertiary/aromatic N) is 1. The summed E-state index contributed by atoms with van der Waals surface area (Å²) < 4.78 is 0. The fourth-order valence-corrected chi connectivity index (χ4v) is 4.67. The maximum absolute atomic E-state index is 2.91. The summed E-state index contributed by atoms with van der Waals surface area (Å²) in [4.78, 5) is 2.91. The third kappa shape index (κ3) is 4.03. The highest BCUT2D eigenvalue weighted by Crippen LogP contribution is 2.53. The van der Waals surface area contributed by atoms with Crippen molar-refractivity contribution < 1.29 is 0 Å². The van der Waals surface area contributed by atoms with Crippen LogP contribution < -0.4 is 0 Å². The molecule has 2 aliphatic rings. The van der Waals surface area contributed by atoms with E-state index in [2.05, 4.69) is 32.6 Å². The number of rotatable bonds is 10. The SMILES string of the molecule is CCCCCCC(C)(CCCCC)N1CC2CC[C@]2(C)C1. The predicted octanol–water partition coefficient (Wildman–Crippen LogP) is 6.03. The number of hydrogen-bond acceptors (Lipinski definition) is 1. The third-order valence-corrected chi connectivity index (χ3v) is 6.69. The van der Waals surface area contributed by atoms with Gasteiger partial charge in [-0.1, -0.05) is 65.7 Å². The van der Waals surface area contributed by atoms with Gasteiger partial charge in [-0.2, -0.15) is 0 Å². The number of fused-ring (bicyclic) bond motifs is 1. The first-order valence-corrected chi connectivity index (χ1v) is 9.79. The van der Waals surface area contributed by atoms with E-state index in [4.69, 9.17) is 0 Å². The molecule has 2 rings (SSSR count). The van der Waals surface area contributed by atoms with E-state index in [0.717, 1.165) is 5.92 Å². The Morgan fingerprint density at radius 3 is 2.10 bits per heavy atom. The van der Waals surface area contributed by atoms with Crippen LogP contribution in [0.2, 0.25) is 0 Å². The molecular formula is C20H39N. The zero-order chi connectivity index (χ0) is 15.3. The van der Waals surface area contributed by atoms with E-state index in [1.165, 1.54) is 83.7 Å². The molecule has 1 saturated heterocycles. The molecule has 0 N–H and O–H groups in total. The van der Waals surface area contributed by atoms with Crippen LogP contribution in [0.1, 0.15) is 98.3 Å². The van der Waals surface area contributed by atoms with Crippen molar-refractivity contribution in [3.8, 4) is 0 Å². The third-order valence-electron chi connectivity index (χ3n) is 6.69. The lowest BCUT2D eigenvalue weighted by molar-refractivity contribution is 0.0851. The standard InChI is InChI=1S/C20H39N/c1-5-7-9-11-14-20(4,13-10-8-6-2)21-16-18-12-15-19(18,3)17-21/h18H,5-17H2,1-4H3/t18?,19-,20?/m1/s1. The molecule has 1 aliphatic heterocycles. The van der Waals surface area contributed by atoms with Crippen molar-refractivity contribution in [3.63, 3.8) is 0 Å². The van der Waals surface area contributed by atoms with Gasteiger partial charge in [0.1, 0.15) is 0 Å². The minimum atomic E-state index is 0.489. The molecule has 21 heavy (non-hydrogen) atoms. The zero-order valence-electron chi connectivity index (χ0n) is 15.2. The molecule has 1 heterocycles.